The van der Waals surface area contributed by atoms with Crippen molar-refractivity contribution >= 4 is 12.1 Å². The Kier molecular flexibility index (Phi) is 4.59. The number of carboxylic acids is 1. The molecule has 0 spiro atoms. The van der Waals surface area contributed by atoms with Gasteiger partial charge in [-0.25, -0.2) is 4.79 Å². The molecule has 2 atom stereocenters. The molecule has 1 saturated heterocycles. The van der Waals surface area contributed by atoms with Crippen LogP contribution in [0, 0.1) is 11.8 Å². The van der Waals surface area contributed by atoms with Gasteiger partial charge in [-0.2, -0.15) is 0 Å². The molecule has 104 valence electrons. The number of amides is 1. The van der Waals surface area contributed by atoms with E-state index in [1.165, 1.54) is 0 Å². The number of likely N-dealkylation sites (tertiary alicyclic amines) is 1. The second-order valence-corrected chi connectivity index (χ2v) is 5.81. The predicted molar refractivity (Wildman–Crippen MR) is 64.7 cm³/mol. The first kappa shape index (κ1) is 14.8. The molecule has 1 aliphatic rings. The number of ether oxygens (including phenoxy) is 1. The van der Waals surface area contributed by atoms with Crippen LogP contribution in [0.5, 0.6) is 0 Å². The number of carbonyl (C=O) groups is 2. The number of nitrogens with zero attached hydrogens (tertiary/aromatic N) is 1. The van der Waals surface area contributed by atoms with E-state index in [1.807, 2.05) is 27.7 Å². The molecule has 5 nitrogen and oxygen atoms in total. The maximum atomic E-state index is 11.9. The summed E-state index contributed by atoms with van der Waals surface area (Å²) in [6, 6.07) is 0. The number of hydrogen-bond acceptors (Lipinski definition) is 4. The molecule has 0 saturated carbocycles. The van der Waals surface area contributed by atoms with Crippen LogP contribution in [0.4, 0.5) is 4.79 Å². The van der Waals surface area contributed by atoms with Gasteiger partial charge in [-0.1, -0.05) is 13.3 Å². The summed E-state index contributed by atoms with van der Waals surface area (Å²) in [6.45, 7) is 8.23. The minimum absolute atomic E-state index is 0.0451. The predicted octanol–water partition coefficient (Wildman–Crippen LogP) is 1.02. The second-order valence-electron chi connectivity index (χ2n) is 5.81. The summed E-state index contributed by atoms with van der Waals surface area (Å²) in [5.41, 5.74) is -0.524. The first-order valence-corrected chi connectivity index (χ1v) is 6.43. The molecule has 1 rings (SSSR count). The van der Waals surface area contributed by atoms with Gasteiger partial charge in [0.25, 0.3) is 0 Å². The smallest absolute Gasteiger partial charge is 0.410 e. The van der Waals surface area contributed by atoms with Gasteiger partial charge in [0, 0.05) is 25.0 Å². The van der Waals surface area contributed by atoms with Gasteiger partial charge >= 0.3 is 6.09 Å². The molecule has 18 heavy (non-hydrogen) atoms. The topological polar surface area (TPSA) is 69.7 Å². The number of carbonyl (C=O) groups excluding carboxylic acids is 2. The molecule has 1 amide bonds. The van der Waals surface area contributed by atoms with Crippen molar-refractivity contribution < 1.29 is 19.4 Å². The van der Waals surface area contributed by atoms with Crippen molar-refractivity contribution in [2.24, 2.45) is 11.8 Å². The zero-order chi connectivity index (χ0) is 13.9. The van der Waals surface area contributed by atoms with E-state index in [-0.39, 0.29) is 12.0 Å². The Morgan fingerprint density at radius 3 is 2.44 bits per heavy atom. The van der Waals surface area contributed by atoms with Gasteiger partial charge in [0.05, 0.1) is 0 Å². The van der Waals surface area contributed by atoms with Crippen molar-refractivity contribution in [1.29, 1.82) is 0 Å². The van der Waals surface area contributed by atoms with Gasteiger partial charge in [0.15, 0.2) is 0 Å². The number of carboxylic acid groups (broad SMARTS) is 1. The molecule has 0 aromatic heterocycles. The lowest BCUT2D eigenvalue weighted by Crippen LogP contribution is -2.50. The number of rotatable bonds is 2. The first-order chi connectivity index (χ1) is 8.24. The van der Waals surface area contributed by atoms with Crippen LogP contribution in [-0.4, -0.2) is 35.7 Å². The third-order valence-corrected chi connectivity index (χ3v) is 3.21. The van der Waals surface area contributed by atoms with Crippen LogP contribution in [0.15, 0.2) is 0 Å². The summed E-state index contributed by atoms with van der Waals surface area (Å²) in [5, 5.41) is 11.0. The minimum atomic E-state index is -1.01. The van der Waals surface area contributed by atoms with Crippen LogP contribution in [0.25, 0.3) is 0 Å². The largest absolute Gasteiger partial charge is 0.550 e. The average molecular weight is 256 g/mol. The zero-order valence-electron chi connectivity index (χ0n) is 11.6. The lowest BCUT2D eigenvalue weighted by Gasteiger charge is -2.39. The number of piperidine rings is 1. The van der Waals surface area contributed by atoms with E-state index in [2.05, 4.69) is 0 Å². The molecule has 5 heteroatoms. The molecule has 1 heterocycles. The first-order valence-electron chi connectivity index (χ1n) is 6.43. The lowest BCUT2D eigenvalue weighted by atomic mass is 9.84. The number of aliphatic carboxylic acids is 1. The summed E-state index contributed by atoms with van der Waals surface area (Å²) < 4.78 is 5.29. The molecule has 0 aromatic carbocycles. The van der Waals surface area contributed by atoms with Gasteiger partial charge in [-0.15, -0.1) is 0 Å². The van der Waals surface area contributed by atoms with Crippen LogP contribution < -0.4 is 5.11 Å². The molecule has 1 fully saturated rings. The molecule has 0 aromatic rings. The molecule has 2 unspecified atom stereocenters. The quantitative estimate of drug-likeness (QED) is 0.739. The Morgan fingerprint density at radius 1 is 1.39 bits per heavy atom. The van der Waals surface area contributed by atoms with Gasteiger partial charge in [-0.3, -0.25) is 0 Å². The summed E-state index contributed by atoms with van der Waals surface area (Å²) in [6.07, 6.45) is 0.802. The minimum Gasteiger partial charge on any atom is -0.550 e. The maximum Gasteiger partial charge on any atom is 0.410 e. The zero-order valence-corrected chi connectivity index (χ0v) is 11.6. The van der Waals surface area contributed by atoms with Crippen molar-refractivity contribution in [3.63, 3.8) is 0 Å². The van der Waals surface area contributed by atoms with Crippen molar-refractivity contribution in [2.75, 3.05) is 13.1 Å². The fraction of sp³-hybridized carbons (Fsp3) is 0.846. The number of hydrogen-bond donors (Lipinski definition) is 0. The Bertz CT molecular complexity index is 321. The summed E-state index contributed by atoms with van der Waals surface area (Å²) in [7, 11) is 0. The van der Waals surface area contributed by atoms with Crippen LogP contribution in [0.2, 0.25) is 0 Å². The van der Waals surface area contributed by atoms with Crippen LogP contribution in [0.3, 0.4) is 0 Å². The Balaban J connectivity index is 2.62. The van der Waals surface area contributed by atoms with E-state index in [1.54, 1.807) is 4.90 Å². The highest BCUT2D eigenvalue weighted by Crippen LogP contribution is 2.26. The van der Waals surface area contributed by atoms with E-state index in [0.29, 0.717) is 19.5 Å². The molecule has 0 N–H and O–H groups in total. The summed E-state index contributed by atoms with van der Waals surface area (Å²) in [4.78, 5) is 24.5. The maximum absolute atomic E-state index is 11.9. The van der Waals surface area contributed by atoms with E-state index in [4.69, 9.17) is 4.74 Å². The van der Waals surface area contributed by atoms with E-state index < -0.39 is 17.5 Å². The van der Waals surface area contributed by atoms with Gasteiger partial charge < -0.3 is 19.5 Å². The van der Waals surface area contributed by atoms with Gasteiger partial charge in [0.1, 0.15) is 5.60 Å². The molecule has 0 bridgehead atoms. The van der Waals surface area contributed by atoms with Crippen LogP contribution in [-0.2, 0) is 9.53 Å². The standard InChI is InChI=1S/C13H23NO4/c1-5-9-8-14(7-6-10(9)11(15)16)12(17)18-13(2,3)4/h9-10H,5-8H2,1-4H3,(H,15,16)/p-1. The fourth-order valence-corrected chi connectivity index (χ4v) is 2.25. The third-order valence-electron chi connectivity index (χ3n) is 3.21. The van der Waals surface area contributed by atoms with Crippen LogP contribution >= 0.6 is 0 Å². The Hall–Kier alpha value is -1.26. The van der Waals surface area contributed by atoms with E-state index >= 15 is 0 Å². The Morgan fingerprint density at radius 2 is 2.00 bits per heavy atom. The second kappa shape index (κ2) is 5.59. The molecule has 0 aliphatic carbocycles. The van der Waals surface area contributed by atoms with Crippen LogP contribution in [0.1, 0.15) is 40.5 Å². The van der Waals surface area contributed by atoms with Crippen molar-refractivity contribution in [3.05, 3.63) is 0 Å². The average Bonchev–Trinajstić information content (AvgIpc) is 2.25. The highest BCUT2D eigenvalue weighted by Gasteiger charge is 2.33. The highest BCUT2D eigenvalue weighted by atomic mass is 16.6. The normalized spacial score (nSPS) is 24.8. The summed E-state index contributed by atoms with van der Waals surface area (Å²) in [5.74, 6) is -1.50. The third kappa shape index (κ3) is 3.89. The highest BCUT2D eigenvalue weighted by molar-refractivity contribution is 5.71. The molecular formula is C13H22NO4-. The SMILES string of the molecule is CCC1CN(C(=O)OC(C)(C)C)CCC1C(=O)[O-]. The van der Waals surface area contributed by atoms with Crippen molar-refractivity contribution in [1.82, 2.24) is 4.90 Å². The monoisotopic (exact) mass is 256 g/mol. The molecular weight excluding hydrogens is 234 g/mol. The molecule has 0 radical (unpaired) electrons. The van der Waals surface area contributed by atoms with Gasteiger partial charge in [-0.05, 0) is 33.1 Å². The van der Waals surface area contributed by atoms with Gasteiger partial charge in [0.2, 0.25) is 0 Å². The Labute approximate surface area is 108 Å². The summed E-state index contributed by atoms with van der Waals surface area (Å²) >= 11 is 0. The van der Waals surface area contributed by atoms with E-state index in [9.17, 15) is 14.7 Å². The van der Waals surface area contributed by atoms with Crippen molar-refractivity contribution in [2.45, 2.75) is 46.1 Å². The van der Waals surface area contributed by atoms with E-state index in [0.717, 1.165) is 6.42 Å². The lowest BCUT2D eigenvalue weighted by molar-refractivity contribution is -0.314. The molecule has 1 aliphatic heterocycles. The van der Waals surface area contributed by atoms with Crippen molar-refractivity contribution in [3.8, 4) is 0 Å². The fourth-order valence-electron chi connectivity index (χ4n) is 2.25.